The highest BCUT2D eigenvalue weighted by Crippen LogP contribution is 2.29. The van der Waals surface area contributed by atoms with Gasteiger partial charge in [0.15, 0.2) is 5.78 Å². The van der Waals surface area contributed by atoms with E-state index in [-0.39, 0.29) is 10.7 Å². The number of sulfonamides is 1. The van der Waals surface area contributed by atoms with Crippen molar-refractivity contribution in [1.29, 1.82) is 0 Å². The van der Waals surface area contributed by atoms with E-state index in [1.165, 1.54) is 0 Å². The Morgan fingerprint density at radius 3 is 1.97 bits per heavy atom. The number of ketones is 1. The third-order valence-electron chi connectivity index (χ3n) is 5.36. The van der Waals surface area contributed by atoms with Crippen LogP contribution in [0.15, 0.2) is 89.3 Å². The van der Waals surface area contributed by atoms with E-state index in [9.17, 15) is 13.2 Å². The predicted molar refractivity (Wildman–Crippen MR) is 131 cm³/mol. The Morgan fingerprint density at radius 2 is 1.45 bits per heavy atom. The van der Waals surface area contributed by atoms with Gasteiger partial charge in [-0.3, -0.25) is 4.79 Å². The Morgan fingerprint density at radius 1 is 0.909 bits per heavy atom. The predicted octanol–water partition coefficient (Wildman–Crippen LogP) is 5.55. The van der Waals surface area contributed by atoms with E-state index in [1.54, 1.807) is 61.7 Å². The standard InChI is InChI=1S/C27H29NO4S/c1-5-6-25(27(29)22-13-15-23(32-4)16-14-22)26(21-11-7-19(2)8-12-21)28-33(30,31)24-17-9-20(3)10-18-24/h6-18,26,28H,5H2,1-4H3/b25-6-. The number of nitrogens with one attached hydrogen (secondary N) is 1. The number of benzene rings is 3. The Balaban J connectivity index is 2.07. The van der Waals surface area contributed by atoms with Gasteiger partial charge in [0.25, 0.3) is 0 Å². The summed E-state index contributed by atoms with van der Waals surface area (Å²) in [4.78, 5) is 13.7. The van der Waals surface area contributed by atoms with E-state index in [2.05, 4.69) is 4.72 Å². The fourth-order valence-electron chi connectivity index (χ4n) is 3.48. The summed E-state index contributed by atoms with van der Waals surface area (Å²) in [6.45, 7) is 5.77. The van der Waals surface area contributed by atoms with Crippen molar-refractivity contribution in [2.24, 2.45) is 0 Å². The van der Waals surface area contributed by atoms with E-state index in [0.717, 1.165) is 11.1 Å². The van der Waals surface area contributed by atoms with Crippen LogP contribution < -0.4 is 9.46 Å². The molecule has 0 spiro atoms. The smallest absolute Gasteiger partial charge is 0.241 e. The summed E-state index contributed by atoms with van der Waals surface area (Å²) in [5.41, 5.74) is 3.54. The van der Waals surface area contributed by atoms with Gasteiger partial charge in [0.1, 0.15) is 5.75 Å². The number of methoxy groups -OCH3 is 1. The molecule has 0 aliphatic heterocycles. The van der Waals surface area contributed by atoms with Crippen LogP contribution in [0.5, 0.6) is 5.75 Å². The van der Waals surface area contributed by atoms with Crippen molar-refractivity contribution in [3.8, 4) is 5.75 Å². The summed E-state index contributed by atoms with van der Waals surface area (Å²) in [5.74, 6) is 0.402. The zero-order valence-electron chi connectivity index (χ0n) is 19.3. The first-order valence-electron chi connectivity index (χ1n) is 10.8. The lowest BCUT2D eigenvalue weighted by Gasteiger charge is -2.22. The first kappa shape index (κ1) is 24.4. The Hall–Kier alpha value is -3.22. The molecule has 33 heavy (non-hydrogen) atoms. The maximum atomic E-state index is 13.5. The summed E-state index contributed by atoms with van der Waals surface area (Å²) >= 11 is 0. The van der Waals surface area contributed by atoms with E-state index in [0.29, 0.717) is 28.9 Å². The number of Topliss-reactive ketones (excluding diaryl/α,β-unsaturated/α-hetero) is 1. The van der Waals surface area contributed by atoms with E-state index in [1.807, 2.05) is 45.0 Å². The van der Waals surface area contributed by atoms with Crippen LogP contribution in [0, 0.1) is 13.8 Å². The second-order valence-electron chi connectivity index (χ2n) is 7.90. The molecule has 1 N–H and O–H groups in total. The van der Waals surface area contributed by atoms with Gasteiger partial charge in [-0.1, -0.05) is 60.5 Å². The van der Waals surface area contributed by atoms with Crippen LogP contribution in [0.4, 0.5) is 0 Å². The largest absolute Gasteiger partial charge is 0.497 e. The summed E-state index contributed by atoms with van der Waals surface area (Å²) in [6, 6.07) is 20.1. The van der Waals surface area contributed by atoms with Crippen molar-refractivity contribution >= 4 is 15.8 Å². The quantitative estimate of drug-likeness (QED) is 0.334. The molecule has 3 aromatic rings. The highest BCUT2D eigenvalue weighted by molar-refractivity contribution is 7.89. The molecule has 0 aromatic heterocycles. The van der Waals surface area contributed by atoms with E-state index in [4.69, 9.17) is 4.74 Å². The first-order chi connectivity index (χ1) is 15.7. The van der Waals surface area contributed by atoms with Gasteiger partial charge in [0.2, 0.25) is 10.0 Å². The fourth-order valence-corrected chi connectivity index (χ4v) is 4.69. The molecule has 0 saturated heterocycles. The average molecular weight is 464 g/mol. The number of ether oxygens (including phenoxy) is 1. The third-order valence-corrected chi connectivity index (χ3v) is 6.80. The number of carbonyl (C=O) groups is 1. The Labute approximate surface area is 196 Å². The van der Waals surface area contributed by atoms with Gasteiger partial charge in [0, 0.05) is 11.1 Å². The lowest BCUT2D eigenvalue weighted by atomic mass is 9.91. The molecular formula is C27H29NO4S. The van der Waals surface area contributed by atoms with Crippen LogP contribution in [0.25, 0.3) is 0 Å². The van der Waals surface area contributed by atoms with Crippen molar-refractivity contribution < 1.29 is 17.9 Å². The molecule has 6 heteroatoms. The Kier molecular flexibility index (Phi) is 7.84. The van der Waals surface area contributed by atoms with Gasteiger partial charge in [-0.15, -0.1) is 0 Å². The highest BCUT2D eigenvalue weighted by Gasteiger charge is 2.28. The molecule has 1 unspecified atom stereocenters. The van der Waals surface area contributed by atoms with Crippen LogP contribution in [-0.4, -0.2) is 21.3 Å². The molecule has 0 bridgehead atoms. The molecule has 0 radical (unpaired) electrons. The molecule has 0 heterocycles. The van der Waals surface area contributed by atoms with Crippen molar-refractivity contribution in [2.45, 2.75) is 38.1 Å². The summed E-state index contributed by atoms with van der Waals surface area (Å²) in [7, 11) is -2.33. The average Bonchev–Trinajstić information content (AvgIpc) is 2.82. The minimum absolute atomic E-state index is 0.151. The van der Waals surface area contributed by atoms with E-state index >= 15 is 0 Å². The molecule has 1 atom stereocenters. The highest BCUT2D eigenvalue weighted by atomic mass is 32.2. The molecule has 0 amide bonds. The topological polar surface area (TPSA) is 72.5 Å². The van der Waals surface area contributed by atoms with Crippen molar-refractivity contribution in [3.63, 3.8) is 0 Å². The molecular weight excluding hydrogens is 434 g/mol. The van der Waals surface area contributed by atoms with Gasteiger partial charge >= 0.3 is 0 Å². The number of aryl methyl sites for hydroxylation is 2. The maximum absolute atomic E-state index is 13.5. The molecule has 3 rings (SSSR count). The molecule has 3 aromatic carbocycles. The van der Waals surface area contributed by atoms with Crippen LogP contribution in [0.1, 0.15) is 46.4 Å². The summed E-state index contributed by atoms with van der Waals surface area (Å²) in [6.07, 6.45) is 2.36. The molecule has 172 valence electrons. The fraction of sp³-hybridized carbons (Fsp3) is 0.222. The summed E-state index contributed by atoms with van der Waals surface area (Å²) in [5, 5.41) is 0. The summed E-state index contributed by atoms with van der Waals surface area (Å²) < 4.78 is 34.5. The number of rotatable bonds is 9. The second kappa shape index (κ2) is 10.6. The third kappa shape index (κ3) is 5.97. The van der Waals surface area contributed by atoms with Crippen LogP contribution in [0.2, 0.25) is 0 Å². The normalized spacial score (nSPS) is 12.9. The molecule has 0 saturated carbocycles. The minimum atomic E-state index is -3.89. The number of hydrogen-bond donors (Lipinski definition) is 1. The van der Waals surface area contributed by atoms with Gasteiger partial charge < -0.3 is 4.74 Å². The van der Waals surface area contributed by atoms with Crippen molar-refractivity contribution in [1.82, 2.24) is 4.72 Å². The Bertz CT molecular complexity index is 1230. The molecule has 5 nitrogen and oxygen atoms in total. The van der Waals surface area contributed by atoms with Gasteiger partial charge in [-0.25, -0.2) is 8.42 Å². The monoisotopic (exact) mass is 463 g/mol. The van der Waals surface area contributed by atoms with Gasteiger partial charge in [-0.05, 0) is 62.2 Å². The lowest BCUT2D eigenvalue weighted by Crippen LogP contribution is -2.32. The number of carbonyl (C=O) groups excluding carboxylic acids is 1. The minimum Gasteiger partial charge on any atom is -0.497 e. The lowest BCUT2D eigenvalue weighted by molar-refractivity contribution is 0.102. The molecule has 0 aliphatic carbocycles. The maximum Gasteiger partial charge on any atom is 0.241 e. The van der Waals surface area contributed by atoms with Gasteiger partial charge in [0.05, 0.1) is 18.0 Å². The zero-order chi connectivity index (χ0) is 24.0. The molecule has 0 aliphatic rings. The zero-order valence-corrected chi connectivity index (χ0v) is 20.1. The first-order valence-corrected chi connectivity index (χ1v) is 12.3. The molecule has 0 fully saturated rings. The van der Waals surface area contributed by atoms with Gasteiger partial charge in [-0.2, -0.15) is 4.72 Å². The second-order valence-corrected chi connectivity index (χ2v) is 9.62. The van der Waals surface area contributed by atoms with Crippen molar-refractivity contribution in [3.05, 3.63) is 107 Å². The number of hydrogen-bond acceptors (Lipinski definition) is 4. The number of allylic oxidation sites excluding steroid dienone is 1. The van der Waals surface area contributed by atoms with Crippen LogP contribution in [0.3, 0.4) is 0 Å². The van der Waals surface area contributed by atoms with Crippen molar-refractivity contribution in [2.75, 3.05) is 7.11 Å². The van der Waals surface area contributed by atoms with Crippen LogP contribution in [-0.2, 0) is 10.0 Å². The van der Waals surface area contributed by atoms with E-state index < -0.39 is 16.1 Å². The SMILES string of the molecule is CC/C=C(\C(=O)c1ccc(OC)cc1)C(NS(=O)(=O)c1ccc(C)cc1)c1ccc(C)cc1. The van der Waals surface area contributed by atoms with Crippen LogP contribution >= 0.6 is 0 Å².